The second-order valence-corrected chi connectivity index (χ2v) is 22.0. The van der Waals surface area contributed by atoms with Crippen molar-refractivity contribution in [3.8, 4) is 23.6 Å². The number of aromatic nitrogens is 8. The zero-order valence-corrected chi connectivity index (χ0v) is 46.9. The van der Waals surface area contributed by atoms with Crippen LogP contribution < -0.4 is 0 Å². The van der Waals surface area contributed by atoms with Gasteiger partial charge in [-0.2, -0.15) is 10.5 Å². The first-order valence-corrected chi connectivity index (χ1v) is 26.8. The molecule has 0 bridgehead atoms. The first kappa shape index (κ1) is 63.9. The Kier molecular flexibility index (Phi) is 20.8. The molecule has 12 rings (SSSR count). The van der Waals surface area contributed by atoms with E-state index in [4.69, 9.17) is 10.5 Å². The molecule has 0 unspecified atom stereocenters. The van der Waals surface area contributed by atoms with Crippen LogP contribution in [0.2, 0.25) is 0 Å². The van der Waals surface area contributed by atoms with E-state index in [1.165, 1.54) is 36.1 Å². The Morgan fingerprint density at radius 1 is 0.568 bits per heavy atom. The molecule has 6 aliphatic rings. The smallest absolute Gasteiger partial charge is 0.508 e. The van der Waals surface area contributed by atoms with E-state index >= 15 is 0 Å². The van der Waals surface area contributed by atoms with Gasteiger partial charge in [0.1, 0.15) is 34.1 Å². The summed E-state index contributed by atoms with van der Waals surface area (Å²) in [5.74, 6) is 3.87. The molecular formula is C56H66B2F8N10O4Pd. The maximum absolute atomic E-state index is 12.1. The van der Waals surface area contributed by atoms with Gasteiger partial charge in [-0.3, -0.25) is 9.97 Å². The summed E-state index contributed by atoms with van der Waals surface area (Å²) >= 11 is 0. The van der Waals surface area contributed by atoms with Crippen LogP contribution in [0, 0.1) is 57.2 Å². The fourth-order valence-corrected chi connectivity index (χ4v) is 14.5. The average molecular weight is 1220 g/mol. The maximum atomic E-state index is 12.1. The third-order valence-electron chi connectivity index (χ3n) is 17.7. The fraction of sp³-hybridized carbons (Fsp3) is 0.500. The topological polar surface area (TPSA) is 216 Å². The van der Waals surface area contributed by atoms with Crippen LogP contribution in [0.3, 0.4) is 0 Å². The van der Waals surface area contributed by atoms with Crippen molar-refractivity contribution >= 4 is 14.5 Å². The minimum Gasteiger partial charge on any atom is -0.508 e. The van der Waals surface area contributed by atoms with Gasteiger partial charge in [-0.15, -0.1) is 10.2 Å². The van der Waals surface area contributed by atoms with Crippen LogP contribution in [0.1, 0.15) is 149 Å². The molecule has 6 aromatic rings. The molecule has 4 aromatic heterocycles. The summed E-state index contributed by atoms with van der Waals surface area (Å²) in [5, 5.41) is 76.2. The first-order chi connectivity index (χ1) is 37.8. The van der Waals surface area contributed by atoms with Crippen LogP contribution in [-0.2, 0) is 57.6 Å². The predicted octanol–water partition coefficient (Wildman–Crippen LogP) is 12.0. The van der Waals surface area contributed by atoms with Crippen molar-refractivity contribution in [2.45, 2.75) is 141 Å². The van der Waals surface area contributed by atoms with Crippen molar-refractivity contribution in [3.63, 3.8) is 0 Å². The molecule has 10 atom stereocenters. The van der Waals surface area contributed by atoms with Gasteiger partial charge in [0.05, 0.1) is 49.0 Å². The quantitative estimate of drug-likeness (QED) is 0.0905. The Bertz CT molecular complexity index is 2900. The van der Waals surface area contributed by atoms with Gasteiger partial charge in [-0.05, 0) is 183 Å². The van der Waals surface area contributed by atoms with E-state index in [2.05, 4.69) is 56.6 Å². The largest absolute Gasteiger partial charge is 2.00 e. The summed E-state index contributed by atoms with van der Waals surface area (Å²) < 4.78 is 81.6. The van der Waals surface area contributed by atoms with Crippen molar-refractivity contribution in [3.05, 3.63) is 143 Å². The third-order valence-corrected chi connectivity index (χ3v) is 17.7. The summed E-state index contributed by atoms with van der Waals surface area (Å²) in [6.45, 7) is 8.53. The second kappa shape index (κ2) is 26.3. The number of halogens is 8. The summed E-state index contributed by atoms with van der Waals surface area (Å²) in [7, 11) is -12.0. The number of aryl methyl sites for hydroxylation is 2. The number of fused-ring (bicyclic) bond motifs is 10. The van der Waals surface area contributed by atoms with E-state index < -0.39 is 25.7 Å². The Morgan fingerprint density at radius 3 is 1.26 bits per heavy atom. The molecule has 0 spiro atoms. The zero-order valence-electron chi connectivity index (χ0n) is 45.4. The van der Waals surface area contributed by atoms with Gasteiger partial charge >= 0.3 is 34.9 Å². The Labute approximate surface area is 479 Å². The summed E-state index contributed by atoms with van der Waals surface area (Å²) in [6, 6.07) is 27.0. The molecular weight excluding hydrogens is 1160 g/mol. The summed E-state index contributed by atoms with van der Waals surface area (Å²) in [4.78, 5) is 8.76. The molecule has 4 heterocycles. The van der Waals surface area contributed by atoms with E-state index in [9.17, 15) is 55.0 Å². The van der Waals surface area contributed by atoms with Crippen molar-refractivity contribution in [1.82, 2.24) is 40.0 Å². The van der Waals surface area contributed by atoms with Gasteiger partial charge < -0.3 is 55.0 Å². The minimum atomic E-state index is -6.00. The van der Waals surface area contributed by atoms with Crippen molar-refractivity contribution in [1.29, 1.82) is 10.5 Å². The molecule has 0 saturated heterocycles. The molecule has 81 heavy (non-hydrogen) atoms. The van der Waals surface area contributed by atoms with Crippen LogP contribution in [-0.4, -0.2) is 74.9 Å². The number of aromatic hydroxyl groups is 2. The number of aliphatic hydroxyl groups is 2. The number of pyridine rings is 2. The van der Waals surface area contributed by atoms with E-state index in [1.807, 2.05) is 73.1 Å². The third kappa shape index (κ3) is 14.5. The first-order valence-electron chi connectivity index (χ1n) is 26.8. The number of hydrogen-bond acceptors (Lipinski definition) is 12. The molecule has 2 aromatic carbocycles. The molecule has 436 valence electrons. The Morgan fingerprint density at radius 2 is 0.926 bits per heavy atom. The van der Waals surface area contributed by atoms with Gasteiger partial charge in [-0.25, -0.2) is 9.36 Å². The standard InChI is InChI=1S/2C26H30N4O2.2C2H3N.2BF4.Pd/c2*1-25-11-9-21-20-8-6-19(31)14-17(20)5-7-22(21)23(25)10-12-26(25,32)24-16-30(29-28-24)15-18-4-2-3-13-27-18;2*1-2-3;2*2-1(3,4)5;/h2*2-4,6,8,13-14,16,21-23,31-32H,5,7,9-12,15H2,1H3;2*1H3;;;/q;;;;2*-1;+2/t2*21-,22-,23+,25+,26-;;;;;/m11...../s1. The van der Waals surface area contributed by atoms with Crippen LogP contribution in [0.5, 0.6) is 11.5 Å². The summed E-state index contributed by atoms with van der Waals surface area (Å²) in [5.41, 5.74) is 6.43. The molecule has 14 nitrogen and oxygen atoms in total. The Balaban J connectivity index is 0.000000205. The summed E-state index contributed by atoms with van der Waals surface area (Å²) in [6.07, 6.45) is 19.3. The minimum absolute atomic E-state index is 0. The SMILES string of the molecule is CC#N.CC#N.C[C@]12CC[C@@H]3c4ccc(O)cc4CC[C@H]3[C@@H]1CC[C@@]2(O)c1cn(Cc2ccccn2)nn1.C[C@]12CC[C@@H]3c4ccc(O)cc4CC[C@H]3[C@@H]1CC[C@@]2(O)c1cn(Cc2ccccn2)nn1.F[B-](F)(F)F.F[B-](F)(F)F.[Pd+2]. The van der Waals surface area contributed by atoms with Crippen molar-refractivity contribution in [2.24, 2.45) is 34.5 Å². The number of nitriles is 2. The predicted molar refractivity (Wildman–Crippen MR) is 283 cm³/mol. The van der Waals surface area contributed by atoms with E-state index in [0.717, 1.165) is 88.4 Å². The number of phenols is 2. The monoisotopic (exact) mass is 1220 g/mol. The van der Waals surface area contributed by atoms with Crippen LogP contribution in [0.25, 0.3) is 0 Å². The molecule has 0 aliphatic heterocycles. The molecule has 0 amide bonds. The molecule has 4 saturated carbocycles. The molecule has 4 N–H and O–H groups in total. The number of rotatable bonds is 6. The number of nitrogens with zero attached hydrogens (tertiary/aromatic N) is 10. The van der Waals surface area contributed by atoms with Gasteiger partial charge in [0.25, 0.3) is 0 Å². The van der Waals surface area contributed by atoms with Crippen LogP contribution in [0.15, 0.2) is 97.6 Å². The van der Waals surface area contributed by atoms with Crippen LogP contribution in [0.4, 0.5) is 34.5 Å². The maximum Gasteiger partial charge on any atom is 2.00 e. The Hall–Kier alpha value is -6.25. The number of hydrogen-bond donors (Lipinski definition) is 4. The van der Waals surface area contributed by atoms with Crippen molar-refractivity contribution < 1.29 is 75.4 Å². The molecule has 6 aliphatic carbocycles. The zero-order chi connectivity index (χ0) is 58.3. The van der Waals surface area contributed by atoms with Crippen molar-refractivity contribution in [2.75, 3.05) is 0 Å². The van der Waals surface area contributed by atoms with E-state index in [1.54, 1.807) is 33.9 Å². The van der Waals surface area contributed by atoms with Gasteiger partial charge in [0.2, 0.25) is 0 Å². The number of phenolic OH excluding ortho intramolecular Hbond substituents is 2. The second-order valence-electron chi connectivity index (χ2n) is 22.0. The molecule has 25 heteroatoms. The van der Waals surface area contributed by atoms with Gasteiger partial charge in [-0.1, -0.05) is 48.5 Å². The van der Waals surface area contributed by atoms with Gasteiger partial charge in [0.15, 0.2) is 0 Å². The fourth-order valence-electron chi connectivity index (χ4n) is 14.5. The van der Waals surface area contributed by atoms with Crippen LogP contribution >= 0.6 is 0 Å². The van der Waals surface area contributed by atoms with E-state index in [-0.39, 0.29) is 31.3 Å². The number of benzene rings is 2. The molecule has 4 fully saturated rings. The molecule has 0 radical (unpaired) electrons. The normalized spacial score (nSPS) is 28.0. The van der Waals surface area contributed by atoms with E-state index in [0.29, 0.717) is 71.5 Å². The average Bonchev–Trinajstić information content (AvgIpc) is 4.19. The van der Waals surface area contributed by atoms with Gasteiger partial charge in [0, 0.05) is 37.1 Å².